The van der Waals surface area contributed by atoms with E-state index >= 15 is 0 Å². The summed E-state index contributed by atoms with van der Waals surface area (Å²) >= 11 is 0. The highest BCUT2D eigenvalue weighted by molar-refractivity contribution is 5.99. The molecule has 1 N–H and O–H groups in total. The normalized spacial score (nSPS) is 29.4. The standard InChI is InChI=1S/C28H28O2/c1-17(29)21-2-3-23-12-24(5-4-22(23)11-21)25-6-7-27(30)26(13-25)28-14-18-8-19(15-28)10-20(9-18)16-28/h2-7,11-13,18-20,30H,8-10,14-16H2,1H3. The maximum atomic E-state index is 11.7. The summed E-state index contributed by atoms with van der Waals surface area (Å²) in [4.78, 5) is 11.7. The van der Waals surface area contributed by atoms with Crippen LogP contribution in [-0.4, -0.2) is 10.9 Å². The maximum absolute atomic E-state index is 11.7. The van der Waals surface area contributed by atoms with Crippen molar-refractivity contribution in [3.8, 4) is 16.9 Å². The van der Waals surface area contributed by atoms with Gasteiger partial charge >= 0.3 is 0 Å². The Balaban J connectivity index is 1.41. The molecule has 4 saturated carbocycles. The lowest BCUT2D eigenvalue weighted by molar-refractivity contribution is -0.00611. The molecule has 0 aromatic heterocycles. The number of phenolic OH excluding ortho intramolecular Hbond substituents is 1. The van der Waals surface area contributed by atoms with Crippen molar-refractivity contribution in [2.24, 2.45) is 17.8 Å². The number of carbonyl (C=O) groups excluding carboxylic acids is 1. The van der Waals surface area contributed by atoms with Gasteiger partial charge in [-0.05, 0) is 115 Å². The Hall–Kier alpha value is -2.61. The number of rotatable bonds is 3. The first-order valence-electron chi connectivity index (χ1n) is 11.4. The molecule has 0 amide bonds. The lowest BCUT2D eigenvalue weighted by Gasteiger charge is -2.57. The minimum atomic E-state index is 0.0970. The topological polar surface area (TPSA) is 37.3 Å². The third-order valence-corrected chi connectivity index (χ3v) is 8.19. The second-order valence-electron chi connectivity index (χ2n) is 10.3. The number of phenols is 1. The molecule has 3 aromatic carbocycles. The van der Waals surface area contributed by atoms with Crippen LogP contribution in [0.4, 0.5) is 0 Å². The monoisotopic (exact) mass is 396 g/mol. The molecule has 0 aliphatic heterocycles. The van der Waals surface area contributed by atoms with Crippen LogP contribution in [0.25, 0.3) is 21.9 Å². The molecule has 152 valence electrons. The number of benzene rings is 3. The van der Waals surface area contributed by atoms with Gasteiger partial charge in [-0.2, -0.15) is 0 Å². The second kappa shape index (κ2) is 6.44. The zero-order valence-electron chi connectivity index (χ0n) is 17.5. The van der Waals surface area contributed by atoms with Crippen molar-refractivity contribution in [1.29, 1.82) is 0 Å². The molecule has 0 spiro atoms. The van der Waals surface area contributed by atoms with Crippen molar-refractivity contribution in [3.05, 3.63) is 65.7 Å². The number of fused-ring (bicyclic) bond motifs is 1. The van der Waals surface area contributed by atoms with E-state index in [4.69, 9.17) is 0 Å². The first kappa shape index (κ1) is 18.2. The quantitative estimate of drug-likeness (QED) is 0.490. The van der Waals surface area contributed by atoms with Crippen LogP contribution in [0.3, 0.4) is 0 Å². The van der Waals surface area contributed by atoms with Crippen molar-refractivity contribution in [3.63, 3.8) is 0 Å². The van der Waals surface area contributed by atoms with Crippen molar-refractivity contribution < 1.29 is 9.90 Å². The van der Waals surface area contributed by atoms with Gasteiger partial charge in [0.2, 0.25) is 0 Å². The van der Waals surface area contributed by atoms with Crippen LogP contribution in [0.5, 0.6) is 5.75 Å². The number of aromatic hydroxyl groups is 1. The Labute approximate surface area is 177 Å². The highest BCUT2D eigenvalue weighted by Crippen LogP contribution is 2.62. The van der Waals surface area contributed by atoms with Crippen LogP contribution in [0, 0.1) is 17.8 Å². The molecule has 4 aliphatic rings. The molecule has 2 heteroatoms. The summed E-state index contributed by atoms with van der Waals surface area (Å²) < 4.78 is 0. The molecule has 30 heavy (non-hydrogen) atoms. The molecule has 4 bridgehead atoms. The van der Waals surface area contributed by atoms with Gasteiger partial charge in [-0.1, -0.05) is 30.3 Å². The minimum Gasteiger partial charge on any atom is -0.508 e. The second-order valence-corrected chi connectivity index (χ2v) is 10.3. The van der Waals surface area contributed by atoms with Gasteiger partial charge in [-0.25, -0.2) is 0 Å². The van der Waals surface area contributed by atoms with Gasteiger partial charge in [0, 0.05) is 11.1 Å². The van der Waals surface area contributed by atoms with Crippen molar-refractivity contribution in [2.75, 3.05) is 0 Å². The van der Waals surface area contributed by atoms with E-state index in [1.165, 1.54) is 55.2 Å². The molecule has 3 aromatic rings. The molecule has 0 unspecified atom stereocenters. The number of Topliss-reactive ketones (excluding diaryl/α,β-unsaturated/α-hetero) is 1. The van der Waals surface area contributed by atoms with Gasteiger partial charge in [-0.3, -0.25) is 4.79 Å². The summed E-state index contributed by atoms with van der Waals surface area (Å²) in [5, 5.41) is 13.1. The average molecular weight is 397 g/mol. The molecule has 0 atom stereocenters. The lowest BCUT2D eigenvalue weighted by Crippen LogP contribution is -2.48. The molecule has 0 radical (unpaired) electrons. The lowest BCUT2D eigenvalue weighted by atomic mass is 9.48. The molecule has 4 fully saturated rings. The molecular formula is C28H28O2. The molecule has 0 saturated heterocycles. The fraction of sp³-hybridized carbons (Fsp3) is 0.393. The summed E-state index contributed by atoms with van der Waals surface area (Å²) in [7, 11) is 0. The van der Waals surface area contributed by atoms with E-state index in [1.54, 1.807) is 6.92 Å². The van der Waals surface area contributed by atoms with E-state index in [2.05, 4.69) is 24.3 Å². The Morgan fingerprint density at radius 1 is 0.800 bits per heavy atom. The van der Waals surface area contributed by atoms with Crippen molar-refractivity contribution >= 4 is 16.6 Å². The predicted octanol–water partition coefficient (Wildman–Crippen LogP) is 6.88. The third-order valence-electron chi connectivity index (χ3n) is 8.19. The largest absolute Gasteiger partial charge is 0.508 e. The third kappa shape index (κ3) is 2.80. The predicted molar refractivity (Wildman–Crippen MR) is 121 cm³/mol. The van der Waals surface area contributed by atoms with Gasteiger partial charge < -0.3 is 5.11 Å². The average Bonchev–Trinajstić information content (AvgIpc) is 2.72. The SMILES string of the molecule is CC(=O)c1ccc2cc(-c3ccc(O)c(C45CC6CC(CC(C6)C4)C5)c3)ccc2c1. The van der Waals surface area contributed by atoms with Crippen LogP contribution in [-0.2, 0) is 5.41 Å². The zero-order chi connectivity index (χ0) is 20.5. The van der Waals surface area contributed by atoms with Crippen LogP contribution >= 0.6 is 0 Å². The molecular weight excluding hydrogens is 368 g/mol. The fourth-order valence-corrected chi connectivity index (χ4v) is 7.23. The summed E-state index contributed by atoms with van der Waals surface area (Å²) in [5.41, 5.74) is 4.47. The van der Waals surface area contributed by atoms with Crippen molar-refractivity contribution in [2.45, 2.75) is 50.9 Å². The van der Waals surface area contributed by atoms with E-state index < -0.39 is 0 Å². The maximum Gasteiger partial charge on any atom is 0.159 e. The number of hydrogen-bond acceptors (Lipinski definition) is 2. The Kier molecular flexibility index (Phi) is 3.90. The smallest absolute Gasteiger partial charge is 0.159 e. The highest BCUT2D eigenvalue weighted by Gasteiger charge is 2.52. The number of carbonyl (C=O) groups is 1. The summed E-state index contributed by atoms with van der Waals surface area (Å²) in [5.74, 6) is 3.15. The van der Waals surface area contributed by atoms with Gasteiger partial charge in [0.15, 0.2) is 5.78 Å². The molecule has 2 nitrogen and oxygen atoms in total. The minimum absolute atomic E-state index is 0.0970. The van der Waals surface area contributed by atoms with Gasteiger partial charge in [0.25, 0.3) is 0 Å². The van der Waals surface area contributed by atoms with E-state index in [-0.39, 0.29) is 11.2 Å². The van der Waals surface area contributed by atoms with Gasteiger partial charge in [0.1, 0.15) is 5.75 Å². The zero-order valence-corrected chi connectivity index (χ0v) is 17.5. The van der Waals surface area contributed by atoms with Gasteiger partial charge in [-0.15, -0.1) is 0 Å². The van der Waals surface area contributed by atoms with Crippen LogP contribution < -0.4 is 0 Å². The molecule has 0 heterocycles. The number of ketones is 1. The first-order chi connectivity index (χ1) is 14.5. The first-order valence-corrected chi connectivity index (χ1v) is 11.4. The Morgan fingerprint density at radius 2 is 1.37 bits per heavy atom. The molecule has 4 aliphatic carbocycles. The van der Waals surface area contributed by atoms with E-state index in [0.717, 1.165) is 34.1 Å². The molecule has 7 rings (SSSR count). The summed E-state index contributed by atoms with van der Waals surface area (Å²) in [6, 6.07) is 18.6. The Bertz CT molecular complexity index is 1140. The summed E-state index contributed by atoms with van der Waals surface area (Å²) in [6.45, 7) is 1.61. The van der Waals surface area contributed by atoms with E-state index in [0.29, 0.717) is 5.75 Å². The van der Waals surface area contributed by atoms with E-state index in [1.807, 2.05) is 30.3 Å². The summed E-state index contributed by atoms with van der Waals surface area (Å²) in [6.07, 6.45) is 7.98. The van der Waals surface area contributed by atoms with E-state index in [9.17, 15) is 9.90 Å². The van der Waals surface area contributed by atoms with Crippen molar-refractivity contribution in [1.82, 2.24) is 0 Å². The number of hydrogen-bond donors (Lipinski definition) is 1. The van der Waals surface area contributed by atoms with Crippen LogP contribution in [0.2, 0.25) is 0 Å². The Morgan fingerprint density at radius 3 is 2.03 bits per heavy atom. The van der Waals surface area contributed by atoms with Crippen LogP contribution in [0.1, 0.15) is 61.4 Å². The van der Waals surface area contributed by atoms with Gasteiger partial charge in [0.05, 0.1) is 0 Å². The fourth-order valence-electron chi connectivity index (χ4n) is 7.23. The van der Waals surface area contributed by atoms with Crippen LogP contribution in [0.15, 0.2) is 54.6 Å². The highest BCUT2D eigenvalue weighted by atomic mass is 16.3.